The molecule has 0 spiro atoms. The Labute approximate surface area is 97.5 Å². The molecule has 2 rings (SSSR count). The molecule has 0 bridgehead atoms. The van der Waals surface area contributed by atoms with Gasteiger partial charge in [0.2, 0.25) is 0 Å². The maximum absolute atomic E-state index is 11.5. The highest BCUT2D eigenvalue weighted by Gasteiger charge is 2.09. The second-order valence-electron chi connectivity index (χ2n) is 3.69. The van der Waals surface area contributed by atoms with Crippen LogP contribution in [0, 0.1) is 0 Å². The van der Waals surface area contributed by atoms with E-state index in [-0.39, 0.29) is 5.56 Å². The van der Waals surface area contributed by atoms with Crippen molar-refractivity contribution in [1.82, 2.24) is 4.98 Å². The highest BCUT2D eigenvalue weighted by atomic mass is 16.5. The number of carbonyl (C=O) groups is 1. The number of aromatic nitrogens is 1. The van der Waals surface area contributed by atoms with Crippen LogP contribution in [0.4, 0.5) is 0 Å². The molecule has 1 N–H and O–H groups in total. The van der Waals surface area contributed by atoms with Crippen LogP contribution in [-0.2, 0) is 4.79 Å². The van der Waals surface area contributed by atoms with Crippen LogP contribution in [0.1, 0.15) is 6.92 Å². The van der Waals surface area contributed by atoms with Crippen LogP contribution in [0.15, 0.2) is 47.4 Å². The van der Waals surface area contributed by atoms with Crippen LogP contribution < -0.4 is 10.3 Å². The van der Waals surface area contributed by atoms with Gasteiger partial charge in [-0.15, -0.1) is 0 Å². The summed E-state index contributed by atoms with van der Waals surface area (Å²) in [7, 11) is 0. The van der Waals surface area contributed by atoms with Crippen molar-refractivity contribution in [1.29, 1.82) is 0 Å². The van der Waals surface area contributed by atoms with Gasteiger partial charge in [-0.05, 0) is 25.1 Å². The topological polar surface area (TPSA) is 59.2 Å². The minimum Gasteiger partial charge on any atom is -0.423 e. The molecule has 0 atom stereocenters. The van der Waals surface area contributed by atoms with Crippen LogP contribution in [0.25, 0.3) is 10.8 Å². The minimum atomic E-state index is -0.502. The maximum atomic E-state index is 11.5. The van der Waals surface area contributed by atoms with Crippen molar-refractivity contribution in [2.45, 2.75) is 6.92 Å². The second kappa shape index (κ2) is 4.25. The molecular formula is C13H11NO3. The number of nitrogens with one attached hydrogen (secondary N) is 1. The van der Waals surface area contributed by atoms with E-state index in [1.165, 1.54) is 6.20 Å². The quantitative estimate of drug-likeness (QED) is 0.487. The summed E-state index contributed by atoms with van der Waals surface area (Å²) in [6, 6.07) is 6.67. The van der Waals surface area contributed by atoms with E-state index >= 15 is 0 Å². The van der Waals surface area contributed by atoms with Gasteiger partial charge in [0.15, 0.2) is 0 Å². The van der Waals surface area contributed by atoms with Crippen LogP contribution in [0.3, 0.4) is 0 Å². The first-order valence-electron chi connectivity index (χ1n) is 5.07. The lowest BCUT2D eigenvalue weighted by atomic mass is 10.1. The molecule has 1 aromatic carbocycles. The number of fused-ring (bicyclic) bond motifs is 1. The molecule has 4 nitrogen and oxygen atoms in total. The van der Waals surface area contributed by atoms with Gasteiger partial charge in [-0.25, -0.2) is 4.79 Å². The molecule has 1 heterocycles. The molecule has 0 amide bonds. The minimum absolute atomic E-state index is 0.212. The molecule has 0 saturated carbocycles. The van der Waals surface area contributed by atoms with E-state index < -0.39 is 5.97 Å². The first-order chi connectivity index (χ1) is 8.09. The van der Waals surface area contributed by atoms with E-state index in [0.717, 1.165) is 0 Å². The van der Waals surface area contributed by atoms with Gasteiger partial charge in [-0.2, -0.15) is 0 Å². The first kappa shape index (κ1) is 11.1. The van der Waals surface area contributed by atoms with Crippen molar-refractivity contribution in [3.63, 3.8) is 0 Å². The van der Waals surface area contributed by atoms with E-state index in [1.54, 1.807) is 31.2 Å². The molecule has 86 valence electrons. The zero-order chi connectivity index (χ0) is 12.4. The number of benzene rings is 1. The number of hydrogen-bond donors (Lipinski definition) is 1. The Bertz CT molecular complexity index is 655. The summed E-state index contributed by atoms with van der Waals surface area (Å²) in [5.41, 5.74) is 0.0996. The summed E-state index contributed by atoms with van der Waals surface area (Å²) in [5.74, 6) is -0.139. The van der Waals surface area contributed by atoms with Crippen molar-refractivity contribution < 1.29 is 9.53 Å². The molecule has 0 saturated heterocycles. The van der Waals surface area contributed by atoms with Gasteiger partial charge >= 0.3 is 5.97 Å². The number of carbonyl (C=O) groups excluding carboxylic acids is 1. The fourth-order valence-corrected chi connectivity index (χ4v) is 1.47. The third-order valence-corrected chi connectivity index (χ3v) is 2.33. The monoisotopic (exact) mass is 229 g/mol. The molecule has 0 fully saturated rings. The fraction of sp³-hybridized carbons (Fsp3) is 0.0769. The third-order valence-electron chi connectivity index (χ3n) is 2.33. The van der Waals surface area contributed by atoms with Crippen LogP contribution in [0.2, 0.25) is 0 Å². The van der Waals surface area contributed by atoms with Gasteiger partial charge in [-0.1, -0.05) is 12.6 Å². The highest BCUT2D eigenvalue weighted by Crippen LogP contribution is 2.23. The third kappa shape index (κ3) is 2.10. The van der Waals surface area contributed by atoms with E-state index in [9.17, 15) is 9.59 Å². The van der Waals surface area contributed by atoms with Crippen molar-refractivity contribution in [3.8, 4) is 5.75 Å². The summed E-state index contributed by atoms with van der Waals surface area (Å²) < 4.78 is 5.15. The maximum Gasteiger partial charge on any atom is 0.338 e. The summed E-state index contributed by atoms with van der Waals surface area (Å²) in [6.07, 6.45) is 1.52. The predicted octanol–water partition coefficient (Wildman–Crippen LogP) is 2.01. The van der Waals surface area contributed by atoms with Gasteiger partial charge in [-0.3, -0.25) is 4.79 Å². The summed E-state index contributed by atoms with van der Waals surface area (Å²) >= 11 is 0. The van der Waals surface area contributed by atoms with E-state index in [2.05, 4.69) is 11.6 Å². The number of aromatic amines is 1. The van der Waals surface area contributed by atoms with Gasteiger partial charge in [0.25, 0.3) is 5.56 Å². The van der Waals surface area contributed by atoms with Gasteiger partial charge in [0.05, 0.1) is 5.39 Å². The lowest BCUT2D eigenvalue weighted by Gasteiger charge is -2.06. The number of rotatable bonds is 2. The summed E-state index contributed by atoms with van der Waals surface area (Å²) in [6.45, 7) is 5.08. The van der Waals surface area contributed by atoms with Crippen molar-refractivity contribution in [2.75, 3.05) is 0 Å². The number of pyridine rings is 1. The molecule has 4 heteroatoms. The Morgan fingerprint density at radius 2 is 2.06 bits per heavy atom. The van der Waals surface area contributed by atoms with Crippen molar-refractivity contribution in [3.05, 3.63) is 53.0 Å². The SMILES string of the molecule is C=C(C)C(=O)Oc1cccc2c(=O)[nH]ccc12. The van der Waals surface area contributed by atoms with E-state index in [1.807, 2.05) is 0 Å². The Morgan fingerprint density at radius 3 is 2.76 bits per heavy atom. The molecule has 2 aromatic rings. The molecule has 0 unspecified atom stereocenters. The Hall–Kier alpha value is -2.36. The first-order valence-corrected chi connectivity index (χ1v) is 5.07. The Kier molecular flexibility index (Phi) is 2.78. The standard InChI is InChI=1S/C13H11NO3/c1-8(2)13(16)17-11-5-3-4-10-9(11)6-7-14-12(10)15/h3-7H,1H2,2H3,(H,14,15). The summed E-state index contributed by atoms with van der Waals surface area (Å²) in [4.78, 5) is 25.5. The van der Waals surface area contributed by atoms with Gasteiger partial charge < -0.3 is 9.72 Å². The lowest BCUT2D eigenvalue weighted by molar-refractivity contribution is -0.129. The van der Waals surface area contributed by atoms with Gasteiger partial charge in [0, 0.05) is 17.2 Å². The second-order valence-corrected chi connectivity index (χ2v) is 3.69. The zero-order valence-corrected chi connectivity index (χ0v) is 9.32. The molecule has 17 heavy (non-hydrogen) atoms. The van der Waals surface area contributed by atoms with Crippen molar-refractivity contribution in [2.24, 2.45) is 0 Å². The average Bonchev–Trinajstić information content (AvgIpc) is 2.30. The predicted molar refractivity (Wildman–Crippen MR) is 65.0 cm³/mol. The number of esters is 1. The molecule has 0 radical (unpaired) electrons. The van der Waals surface area contributed by atoms with Gasteiger partial charge in [0.1, 0.15) is 5.75 Å². The number of hydrogen-bond acceptors (Lipinski definition) is 3. The lowest BCUT2D eigenvalue weighted by Crippen LogP contribution is -2.10. The molecule has 0 aliphatic carbocycles. The largest absolute Gasteiger partial charge is 0.423 e. The van der Waals surface area contributed by atoms with E-state index in [4.69, 9.17) is 4.74 Å². The fourth-order valence-electron chi connectivity index (χ4n) is 1.47. The smallest absolute Gasteiger partial charge is 0.338 e. The van der Waals surface area contributed by atoms with Crippen LogP contribution >= 0.6 is 0 Å². The zero-order valence-electron chi connectivity index (χ0n) is 9.32. The summed E-state index contributed by atoms with van der Waals surface area (Å²) in [5, 5.41) is 1.09. The molecular weight excluding hydrogens is 218 g/mol. The van der Waals surface area contributed by atoms with Crippen LogP contribution in [0.5, 0.6) is 5.75 Å². The Balaban J connectivity index is 2.56. The molecule has 1 aromatic heterocycles. The van der Waals surface area contributed by atoms with Crippen molar-refractivity contribution >= 4 is 16.7 Å². The molecule has 0 aliphatic heterocycles. The normalized spacial score (nSPS) is 10.2. The Morgan fingerprint density at radius 1 is 1.29 bits per heavy atom. The molecule has 0 aliphatic rings. The number of ether oxygens (including phenoxy) is 1. The highest BCUT2D eigenvalue weighted by molar-refractivity contribution is 5.93. The van der Waals surface area contributed by atoms with Crippen LogP contribution in [-0.4, -0.2) is 11.0 Å². The van der Waals surface area contributed by atoms with E-state index in [0.29, 0.717) is 22.1 Å². The number of H-pyrrole nitrogens is 1. The average molecular weight is 229 g/mol.